The molecule has 0 spiro atoms. The number of rotatable bonds is 8. The van der Waals surface area contributed by atoms with Crippen molar-refractivity contribution in [1.82, 2.24) is 10.6 Å². The third kappa shape index (κ3) is 6.06. The van der Waals surface area contributed by atoms with Crippen LogP contribution in [0, 0.1) is 0 Å². The van der Waals surface area contributed by atoms with Crippen molar-refractivity contribution in [1.29, 1.82) is 0 Å². The van der Waals surface area contributed by atoms with Gasteiger partial charge in [0.25, 0.3) is 0 Å². The number of methoxy groups -OCH3 is 1. The van der Waals surface area contributed by atoms with Crippen molar-refractivity contribution in [2.24, 2.45) is 4.99 Å². The van der Waals surface area contributed by atoms with E-state index in [1.807, 2.05) is 24.3 Å². The molecule has 2 aromatic rings. The highest BCUT2D eigenvalue weighted by Crippen LogP contribution is 2.12. The van der Waals surface area contributed by atoms with E-state index in [2.05, 4.69) is 34.7 Å². The zero-order valence-corrected chi connectivity index (χ0v) is 13.8. The highest BCUT2D eigenvalue weighted by atomic mass is 16.5. The first-order valence-corrected chi connectivity index (χ1v) is 7.99. The van der Waals surface area contributed by atoms with E-state index >= 15 is 0 Å². The summed E-state index contributed by atoms with van der Waals surface area (Å²) in [7, 11) is 1.68. The second-order valence-corrected chi connectivity index (χ2v) is 5.15. The molecule has 0 saturated heterocycles. The van der Waals surface area contributed by atoms with Crippen molar-refractivity contribution in [2.75, 3.05) is 20.2 Å². The fourth-order valence-electron chi connectivity index (χ4n) is 2.19. The smallest absolute Gasteiger partial charge is 0.191 e. The van der Waals surface area contributed by atoms with Crippen molar-refractivity contribution in [2.45, 2.75) is 26.3 Å². The molecule has 0 radical (unpaired) electrons. The van der Waals surface area contributed by atoms with Gasteiger partial charge in [0.15, 0.2) is 5.96 Å². The van der Waals surface area contributed by atoms with Crippen LogP contribution in [-0.4, -0.2) is 26.2 Å². The van der Waals surface area contributed by atoms with E-state index in [1.54, 1.807) is 13.4 Å². The maximum Gasteiger partial charge on any atom is 0.191 e. The lowest BCUT2D eigenvalue weighted by Crippen LogP contribution is -2.37. The first-order valence-electron chi connectivity index (χ1n) is 7.99. The summed E-state index contributed by atoms with van der Waals surface area (Å²) in [5.74, 6) is 2.57. The Morgan fingerprint density at radius 3 is 2.65 bits per heavy atom. The van der Waals surface area contributed by atoms with Crippen molar-refractivity contribution in [3.8, 4) is 5.75 Å². The average Bonchev–Trinajstić information content (AvgIpc) is 3.10. The monoisotopic (exact) mass is 315 g/mol. The van der Waals surface area contributed by atoms with Gasteiger partial charge in [-0.05, 0) is 49.6 Å². The van der Waals surface area contributed by atoms with E-state index in [9.17, 15) is 0 Å². The van der Waals surface area contributed by atoms with Gasteiger partial charge in [-0.15, -0.1) is 0 Å². The van der Waals surface area contributed by atoms with Gasteiger partial charge in [0.1, 0.15) is 18.1 Å². The molecule has 0 aliphatic heterocycles. The molecule has 0 amide bonds. The van der Waals surface area contributed by atoms with Crippen LogP contribution in [0.4, 0.5) is 0 Å². The Kier molecular flexibility index (Phi) is 7.04. The number of guanidine groups is 1. The Bertz CT molecular complexity index is 577. The number of hydrogen-bond donors (Lipinski definition) is 2. The Labute approximate surface area is 137 Å². The summed E-state index contributed by atoms with van der Waals surface area (Å²) in [6.45, 7) is 4.31. The Morgan fingerprint density at radius 2 is 2.00 bits per heavy atom. The zero-order chi connectivity index (χ0) is 16.3. The molecule has 1 aromatic heterocycles. The molecular formula is C18H25N3O2. The first kappa shape index (κ1) is 16.9. The van der Waals surface area contributed by atoms with Crippen molar-refractivity contribution >= 4 is 5.96 Å². The lowest BCUT2D eigenvalue weighted by Gasteiger charge is -2.11. The summed E-state index contributed by atoms with van der Waals surface area (Å²) in [6, 6.07) is 12.0. The van der Waals surface area contributed by atoms with Crippen LogP contribution in [0.2, 0.25) is 0 Å². The SMILES string of the molecule is CCNC(=NCc1ccco1)NCCCc1ccc(OC)cc1. The van der Waals surface area contributed by atoms with Crippen molar-refractivity contribution in [3.05, 3.63) is 54.0 Å². The maximum atomic E-state index is 5.29. The number of aryl methyl sites for hydroxylation is 1. The van der Waals surface area contributed by atoms with Gasteiger partial charge in [-0.1, -0.05) is 12.1 Å². The number of benzene rings is 1. The van der Waals surface area contributed by atoms with E-state index in [0.717, 1.165) is 43.4 Å². The molecule has 0 unspecified atom stereocenters. The number of nitrogens with one attached hydrogen (secondary N) is 2. The average molecular weight is 315 g/mol. The number of furan rings is 1. The molecule has 5 heteroatoms. The minimum absolute atomic E-state index is 0.542. The maximum absolute atomic E-state index is 5.29. The largest absolute Gasteiger partial charge is 0.497 e. The summed E-state index contributed by atoms with van der Waals surface area (Å²) in [4.78, 5) is 4.51. The molecule has 0 aliphatic rings. The summed E-state index contributed by atoms with van der Waals surface area (Å²) in [5, 5.41) is 6.59. The molecule has 2 rings (SSSR count). The zero-order valence-electron chi connectivity index (χ0n) is 13.8. The van der Waals surface area contributed by atoms with Gasteiger partial charge >= 0.3 is 0 Å². The van der Waals surface area contributed by atoms with Crippen LogP contribution in [-0.2, 0) is 13.0 Å². The van der Waals surface area contributed by atoms with Gasteiger partial charge in [-0.25, -0.2) is 4.99 Å². The fourth-order valence-corrected chi connectivity index (χ4v) is 2.19. The fraction of sp³-hybridized carbons (Fsp3) is 0.389. The van der Waals surface area contributed by atoms with Gasteiger partial charge in [-0.3, -0.25) is 0 Å². The van der Waals surface area contributed by atoms with Gasteiger partial charge < -0.3 is 19.8 Å². The molecule has 2 N–H and O–H groups in total. The molecule has 0 aliphatic carbocycles. The van der Waals surface area contributed by atoms with Crippen LogP contribution >= 0.6 is 0 Å². The van der Waals surface area contributed by atoms with Gasteiger partial charge in [-0.2, -0.15) is 0 Å². The second-order valence-electron chi connectivity index (χ2n) is 5.15. The normalized spacial score (nSPS) is 11.3. The van der Waals surface area contributed by atoms with E-state index < -0.39 is 0 Å². The van der Waals surface area contributed by atoms with Crippen LogP contribution < -0.4 is 15.4 Å². The number of aliphatic imine (C=N–C) groups is 1. The number of hydrogen-bond acceptors (Lipinski definition) is 3. The van der Waals surface area contributed by atoms with Gasteiger partial charge in [0.05, 0.1) is 13.4 Å². The van der Waals surface area contributed by atoms with Crippen molar-refractivity contribution < 1.29 is 9.15 Å². The van der Waals surface area contributed by atoms with E-state index in [-0.39, 0.29) is 0 Å². The molecule has 1 aromatic carbocycles. The molecule has 124 valence electrons. The van der Waals surface area contributed by atoms with Crippen LogP contribution in [0.15, 0.2) is 52.1 Å². The first-order chi connectivity index (χ1) is 11.3. The quantitative estimate of drug-likeness (QED) is 0.447. The van der Waals surface area contributed by atoms with Crippen LogP contribution in [0.5, 0.6) is 5.75 Å². The topological polar surface area (TPSA) is 58.8 Å². The summed E-state index contributed by atoms with van der Waals surface area (Å²) >= 11 is 0. The molecule has 0 fully saturated rings. The van der Waals surface area contributed by atoms with E-state index in [1.165, 1.54) is 5.56 Å². The molecule has 0 bridgehead atoms. The van der Waals surface area contributed by atoms with Gasteiger partial charge in [0, 0.05) is 13.1 Å². The number of ether oxygens (including phenoxy) is 1. The third-order valence-corrected chi connectivity index (χ3v) is 3.41. The second kappa shape index (κ2) is 9.56. The minimum Gasteiger partial charge on any atom is -0.497 e. The standard InChI is InChI=1S/C18H25N3O2/c1-3-19-18(21-14-17-7-5-13-23-17)20-12-4-6-15-8-10-16(22-2)11-9-15/h5,7-11,13H,3-4,6,12,14H2,1-2H3,(H2,19,20,21). The van der Waals surface area contributed by atoms with E-state index in [0.29, 0.717) is 6.54 Å². The van der Waals surface area contributed by atoms with Gasteiger partial charge in [0.2, 0.25) is 0 Å². The molecule has 23 heavy (non-hydrogen) atoms. The Balaban J connectivity index is 1.73. The Hall–Kier alpha value is -2.43. The summed E-state index contributed by atoms with van der Waals surface area (Å²) in [6.07, 6.45) is 3.73. The minimum atomic E-state index is 0.542. The third-order valence-electron chi connectivity index (χ3n) is 3.41. The van der Waals surface area contributed by atoms with Crippen molar-refractivity contribution in [3.63, 3.8) is 0 Å². The summed E-state index contributed by atoms with van der Waals surface area (Å²) in [5.41, 5.74) is 1.31. The van der Waals surface area contributed by atoms with Crippen LogP contribution in [0.3, 0.4) is 0 Å². The highest BCUT2D eigenvalue weighted by molar-refractivity contribution is 5.79. The predicted molar refractivity (Wildman–Crippen MR) is 92.8 cm³/mol. The molecule has 1 heterocycles. The lowest BCUT2D eigenvalue weighted by atomic mass is 10.1. The van der Waals surface area contributed by atoms with E-state index in [4.69, 9.17) is 9.15 Å². The molecular weight excluding hydrogens is 290 g/mol. The molecule has 5 nitrogen and oxygen atoms in total. The van der Waals surface area contributed by atoms with Crippen LogP contribution in [0.25, 0.3) is 0 Å². The molecule has 0 saturated carbocycles. The van der Waals surface area contributed by atoms with Crippen LogP contribution in [0.1, 0.15) is 24.7 Å². The summed E-state index contributed by atoms with van der Waals surface area (Å²) < 4.78 is 10.5. The molecule has 0 atom stereocenters. The highest BCUT2D eigenvalue weighted by Gasteiger charge is 1.99. The number of nitrogens with zero attached hydrogens (tertiary/aromatic N) is 1. The Morgan fingerprint density at radius 1 is 1.17 bits per heavy atom. The lowest BCUT2D eigenvalue weighted by molar-refractivity contribution is 0.414. The predicted octanol–water partition coefficient (Wildman–Crippen LogP) is 2.98.